The van der Waals surface area contributed by atoms with Crippen molar-refractivity contribution in [2.75, 3.05) is 18.4 Å². The zero-order valence-corrected chi connectivity index (χ0v) is 12.7. The molecule has 1 aliphatic heterocycles. The Bertz CT molecular complexity index is 549. The van der Waals surface area contributed by atoms with Gasteiger partial charge in [-0.05, 0) is 56.8 Å². The first-order valence-electron chi connectivity index (χ1n) is 8.13. The standard InChI is InChI=1S/C17H23N3O2/c21-16(11-12-7-9-18-10-8-12)20-15-4-2-1-3-14(15)17(22)19-13-5-6-13/h1-4,12-13,18H,5-11H2,(H,19,22)(H,20,21). The van der Waals surface area contributed by atoms with Crippen LogP contribution in [0.3, 0.4) is 0 Å². The molecule has 1 saturated heterocycles. The lowest BCUT2D eigenvalue weighted by atomic mass is 9.94. The maximum Gasteiger partial charge on any atom is 0.253 e. The van der Waals surface area contributed by atoms with Gasteiger partial charge in [-0.25, -0.2) is 0 Å². The van der Waals surface area contributed by atoms with E-state index >= 15 is 0 Å². The van der Waals surface area contributed by atoms with Crippen LogP contribution in [0.15, 0.2) is 24.3 Å². The maximum absolute atomic E-state index is 12.2. The molecule has 0 atom stereocenters. The molecule has 0 spiro atoms. The van der Waals surface area contributed by atoms with Crippen LogP contribution < -0.4 is 16.0 Å². The first-order chi connectivity index (χ1) is 10.7. The van der Waals surface area contributed by atoms with Crippen molar-refractivity contribution in [3.05, 3.63) is 29.8 Å². The number of anilines is 1. The molecule has 3 N–H and O–H groups in total. The van der Waals surface area contributed by atoms with Crippen molar-refractivity contribution in [1.82, 2.24) is 10.6 Å². The Morgan fingerprint density at radius 1 is 1.09 bits per heavy atom. The minimum atomic E-state index is -0.0970. The Morgan fingerprint density at radius 2 is 1.82 bits per heavy atom. The maximum atomic E-state index is 12.2. The van der Waals surface area contributed by atoms with Gasteiger partial charge < -0.3 is 16.0 Å². The molecule has 2 fully saturated rings. The molecule has 2 amide bonds. The summed E-state index contributed by atoms with van der Waals surface area (Å²) in [7, 11) is 0. The van der Waals surface area contributed by atoms with Crippen molar-refractivity contribution >= 4 is 17.5 Å². The van der Waals surface area contributed by atoms with Gasteiger partial charge in [-0.15, -0.1) is 0 Å². The van der Waals surface area contributed by atoms with Crippen LogP contribution >= 0.6 is 0 Å². The molecular formula is C17H23N3O2. The Labute approximate surface area is 130 Å². The van der Waals surface area contributed by atoms with Crippen molar-refractivity contribution in [1.29, 1.82) is 0 Å². The molecule has 2 aliphatic rings. The number of para-hydroxylation sites is 1. The summed E-state index contributed by atoms with van der Waals surface area (Å²) in [6, 6.07) is 7.53. The number of rotatable bonds is 5. The van der Waals surface area contributed by atoms with Gasteiger partial charge in [0.2, 0.25) is 5.91 Å². The monoisotopic (exact) mass is 301 g/mol. The Kier molecular flexibility index (Phi) is 4.73. The van der Waals surface area contributed by atoms with E-state index in [2.05, 4.69) is 16.0 Å². The van der Waals surface area contributed by atoms with Crippen molar-refractivity contribution in [2.24, 2.45) is 5.92 Å². The summed E-state index contributed by atoms with van der Waals surface area (Å²) in [6.45, 7) is 1.97. The first-order valence-corrected chi connectivity index (χ1v) is 8.13. The number of amides is 2. The molecule has 0 unspecified atom stereocenters. The summed E-state index contributed by atoms with van der Waals surface area (Å²) < 4.78 is 0. The number of piperidine rings is 1. The van der Waals surface area contributed by atoms with Gasteiger partial charge >= 0.3 is 0 Å². The molecule has 3 rings (SSSR count). The summed E-state index contributed by atoms with van der Waals surface area (Å²) in [5, 5.41) is 9.18. The van der Waals surface area contributed by atoms with E-state index in [4.69, 9.17) is 0 Å². The fourth-order valence-corrected chi connectivity index (χ4v) is 2.83. The minimum absolute atomic E-state index is 0.00132. The van der Waals surface area contributed by atoms with Crippen LogP contribution in [0.25, 0.3) is 0 Å². The zero-order valence-electron chi connectivity index (χ0n) is 12.7. The smallest absolute Gasteiger partial charge is 0.253 e. The van der Waals surface area contributed by atoms with Crippen molar-refractivity contribution in [2.45, 2.75) is 38.1 Å². The Balaban J connectivity index is 1.60. The van der Waals surface area contributed by atoms with E-state index in [1.807, 2.05) is 12.1 Å². The quantitative estimate of drug-likeness (QED) is 0.778. The first kappa shape index (κ1) is 15.0. The average molecular weight is 301 g/mol. The fraction of sp³-hybridized carbons (Fsp3) is 0.529. The van der Waals surface area contributed by atoms with Gasteiger partial charge in [-0.3, -0.25) is 9.59 Å². The third-order valence-corrected chi connectivity index (χ3v) is 4.29. The van der Waals surface area contributed by atoms with Crippen LogP contribution in [0.4, 0.5) is 5.69 Å². The van der Waals surface area contributed by atoms with Crippen molar-refractivity contribution in [3.63, 3.8) is 0 Å². The lowest BCUT2D eigenvalue weighted by Crippen LogP contribution is -2.30. The molecule has 1 aromatic rings. The summed E-state index contributed by atoms with van der Waals surface area (Å²) in [4.78, 5) is 24.4. The minimum Gasteiger partial charge on any atom is -0.349 e. The summed E-state index contributed by atoms with van der Waals surface area (Å²) in [5.74, 6) is 0.340. The largest absolute Gasteiger partial charge is 0.349 e. The van der Waals surface area contributed by atoms with Gasteiger partial charge in [-0.2, -0.15) is 0 Å². The van der Waals surface area contributed by atoms with Crippen LogP contribution in [0, 0.1) is 5.92 Å². The van der Waals surface area contributed by atoms with Crippen LogP contribution in [0.2, 0.25) is 0 Å². The zero-order chi connectivity index (χ0) is 15.4. The lowest BCUT2D eigenvalue weighted by Gasteiger charge is -2.22. The Morgan fingerprint density at radius 3 is 2.55 bits per heavy atom. The van der Waals surface area contributed by atoms with E-state index in [0.29, 0.717) is 29.6 Å². The summed E-state index contributed by atoms with van der Waals surface area (Å²) in [5.41, 5.74) is 1.16. The number of nitrogens with one attached hydrogen (secondary N) is 3. The van der Waals surface area contributed by atoms with Gasteiger partial charge in [0.05, 0.1) is 11.3 Å². The van der Waals surface area contributed by atoms with Crippen molar-refractivity contribution in [3.8, 4) is 0 Å². The van der Waals surface area contributed by atoms with Crippen LogP contribution in [0.1, 0.15) is 42.5 Å². The van der Waals surface area contributed by atoms with Gasteiger partial charge in [0.15, 0.2) is 0 Å². The van der Waals surface area contributed by atoms with Gasteiger partial charge in [0.25, 0.3) is 5.91 Å². The third kappa shape index (κ3) is 4.07. The molecule has 1 heterocycles. The second kappa shape index (κ2) is 6.92. The number of hydrogen-bond acceptors (Lipinski definition) is 3. The summed E-state index contributed by atoms with van der Waals surface area (Å²) >= 11 is 0. The van der Waals surface area contributed by atoms with E-state index < -0.39 is 0 Å². The highest BCUT2D eigenvalue weighted by molar-refractivity contribution is 6.03. The highest BCUT2D eigenvalue weighted by Gasteiger charge is 2.25. The second-order valence-electron chi connectivity index (χ2n) is 6.24. The normalized spacial score (nSPS) is 18.7. The Hall–Kier alpha value is -1.88. The van der Waals surface area contributed by atoms with Gasteiger partial charge in [-0.1, -0.05) is 12.1 Å². The second-order valence-corrected chi connectivity index (χ2v) is 6.24. The summed E-state index contributed by atoms with van der Waals surface area (Å²) in [6.07, 6.45) is 4.71. The third-order valence-electron chi connectivity index (χ3n) is 4.29. The van der Waals surface area contributed by atoms with Crippen LogP contribution in [-0.2, 0) is 4.79 Å². The number of benzene rings is 1. The van der Waals surface area contributed by atoms with Crippen molar-refractivity contribution < 1.29 is 9.59 Å². The molecule has 0 radical (unpaired) electrons. The molecule has 0 aromatic heterocycles. The van der Waals surface area contributed by atoms with E-state index in [1.165, 1.54) is 0 Å². The molecule has 5 heteroatoms. The highest BCUT2D eigenvalue weighted by Crippen LogP contribution is 2.22. The number of carbonyl (C=O) groups is 2. The molecule has 1 aromatic carbocycles. The molecule has 0 bridgehead atoms. The van der Waals surface area contributed by atoms with Crippen LogP contribution in [-0.4, -0.2) is 30.9 Å². The lowest BCUT2D eigenvalue weighted by molar-refractivity contribution is -0.117. The number of carbonyl (C=O) groups excluding carboxylic acids is 2. The van der Waals surface area contributed by atoms with Gasteiger partial charge in [0, 0.05) is 12.5 Å². The molecule has 1 saturated carbocycles. The molecule has 5 nitrogen and oxygen atoms in total. The molecule has 1 aliphatic carbocycles. The number of hydrogen-bond donors (Lipinski definition) is 3. The predicted molar refractivity (Wildman–Crippen MR) is 85.8 cm³/mol. The van der Waals surface area contributed by atoms with E-state index in [9.17, 15) is 9.59 Å². The van der Waals surface area contributed by atoms with E-state index in [1.54, 1.807) is 12.1 Å². The topological polar surface area (TPSA) is 70.2 Å². The SMILES string of the molecule is O=C(CC1CCNCC1)Nc1ccccc1C(=O)NC1CC1. The average Bonchev–Trinajstić information content (AvgIpc) is 3.32. The van der Waals surface area contributed by atoms with E-state index in [-0.39, 0.29) is 11.8 Å². The molecule has 118 valence electrons. The van der Waals surface area contributed by atoms with Gasteiger partial charge in [0.1, 0.15) is 0 Å². The highest BCUT2D eigenvalue weighted by atomic mass is 16.2. The molecule has 22 heavy (non-hydrogen) atoms. The van der Waals surface area contributed by atoms with E-state index in [0.717, 1.165) is 38.8 Å². The molecular weight excluding hydrogens is 278 g/mol. The predicted octanol–water partition coefficient (Wildman–Crippen LogP) is 1.91. The fourth-order valence-electron chi connectivity index (χ4n) is 2.83. The van der Waals surface area contributed by atoms with Crippen LogP contribution in [0.5, 0.6) is 0 Å².